The number of hydrogen-bond acceptors (Lipinski definition) is 8. The number of methoxy groups -OCH3 is 2. The minimum absolute atomic E-state index is 0.148. The third-order valence-electron chi connectivity index (χ3n) is 2.70. The number of hydrogen-bond donors (Lipinski definition) is 2. The number of rotatable bonds is 7. The van der Waals surface area contributed by atoms with E-state index in [2.05, 4.69) is 20.8 Å². The molecule has 10 heteroatoms. The minimum Gasteiger partial charge on any atom is -0.497 e. The number of nitrogens with zero attached hydrogens (tertiary/aromatic N) is 2. The Morgan fingerprint density at radius 3 is 2.67 bits per heavy atom. The average Bonchev–Trinajstić information content (AvgIpc) is 2.99. The molecule has 1 aromatic heterocycles. The van der Waals surface area contributed by atoms with Crippen molar-refractivity contribution in [2.75, 3.05) is 30.6 Å². The maximum atomic E-state index is 12.1. The van der Waals surface area contributed by atoms with E-state index in [1.54, 1.807) is 25.3 Å². The van der Waals surface area contributed by atoms with E-state index in [9.17, 15) is 9.59 Å². The molecule has 0 bridgehead atoms. The van der Waals surface area contributed by atoms with E-state index in [0.717, 1.165) is 0 Å². The van der Waals surface area contributed by atoms with Gasteiger partial charge in [0, 0.05) is 13.0 Å². The quantitative estimate of drug-likeness (QED) is 0.571. The molecular weight excluding hydrogens is 352 g/mol. The minimum atomic E-state index is -0.220. The van der Waals surface area contributed by atoms with E-state index in [1.165, 1.54) is 37.1 Å². The number of amides is 2. The van der Waals surface area contributed by atoms with Crippen molar-refractivity contribution in [2.24, 2.45) is 0 Å². The van der Waals surface area contributed by atoms with Gasteiger partial charge in [0.15, 0.2) is 4.34 Å². The molecule has 0 aliphatic carbocycles. The van der Waals surface area contributed by atoms with Gasteiger partial charge in [-0.2, -0.15) is 0 Å². The van der Waals surface area contributed by atoms with E-state index < -0.39 is 0 Å². The summed E-state index contributed by atoms with van der Waals surface area (Å²) in [6, 6.07) is 5.14. The lowest BCUT2D eigenvalue weighted by atomic mass is 10.2. The maximum Gasteiger partial charge on any atom is 0.234 e. The van der Waals surface area contributed by atoms with Crippen LogP contribution >= 0.6 is 23.1 Å². The molecule has 0 saturated carbocycles. The van der Waals surface area contributed by atoms with Gasteiger partial charge in [-0.3, -0.25) is 9.59 Å². The normalized spacial score (nSPS) is 10.1. The SMILES string of the molecule is COc1ccc(OC)c(NC(=O)CSc2nnc(NC(C)=O)s2)c1. The molecule has 2 amide bonds. The average molecular weight is 368 g/mol. The molecule has 128 valence electrons. The van der Waals surface area contributed by atoms with Gasteiger partial charge in [0.2, 0.25) is 16.9 Å². The fourth-order valence-electron chi connectivity index (χ4n) is 1.69. The number of carbonyl (C=O) groups excluding carboxylic acids is 2. The molecule has 0 aliphatic heterocycles. The second-order valence-corrected chi connectivity index (χ2v) is 6.66. The summed E-state index contributed by atoms with van der Waals surface area (Å²) in [5.41, 5.74) is 0.527. The number of nitrogens with one attached hydrogen (secondary N) is 2. The summed E-state index contributed by atoms with van der Waals surface area (Å²) in [6.07, 6.45) is 0. The van der Waals surface area contributed by atoms with Crippen LogP contribution in [0.5, 0.6) is 11.5 Å². The largest absolute Gasteiger partial charge is 0.497 e. The highest BCUT2D eigenvalue weighted by atomic mass is 32.2. The smallest absolute Gasteiger partial charge is 0.234 e. The summed E-state index contributed by atoms with van der Waals surface area (Å²) in [7, 11) is 3.07. The Kier molecular flexibility index (Phi) is 6.38. The molecule has 2 N–H and O–H groups in total. The van der Waals surface area contributed by atoms with Gasteiger partial charge in [-0.05, 0) is 12.1 Å². The van der Waals surface area contributed by atoms with Crippen LogP contribution in [-0.2, 0) is 9.59 Å². The molecular formula is C14H16N4O4S2. The molecule has 8 nitrogen and oxygen atoms in total. The van der Waals surface area contributed by atoms with Gasteiger partial charge in [0.25, 0.3) is 0 Å². The molecule has 0 radical (unpaired) electrons. The lowest BCUT2D eigenvalue weighted by Gasteiger charge is -2.11. The van der Waals surface area contributed by atoms with Crippen LogP contribution in [-0.4, -0.2) is 42.0 Å². The summed E-state index contributed by atoms with van der Waals surface area (Å²) in [5.74, 6) is 0.865. The van der Waals surface area contributed by atoms with Crippen LogP contribution in [0.25, 0.3) is 0 Å². The fraction of sp³-hybridized carbons (Fsp3) is 0.286. The Hall–Kier alpha value is -2.33. The van der Waals surface area contributed by atoms with Crippen molar-refractivity contribution in [1.29, 1.82) is 0 Å². The van der Waals surface area contributed by atoms with Crippen molar-refractivity contribution in [3.05, 3.63) is 18.2 Å². The van der Waals surface area contributed by atoms with Crippen molar-refractivity contribution in [2.45, 2.75) is 11.3 Å². The molecule has 0 saturated heterocycles. The second-order valence-electron chi connectivity index (χ2n) is 4.46. The predicted molar refractivity (Wildman–Crippen MR) is 93.1 cm³/mol. The summed E-state index contributed by atoms with van der Waals surface area (Å²) >= 11 is 2.44. The van der Waals surface area contributed by atoms with Gasteiger partial charge in [-0.15, -0.1) is 10.2 Å². The maximum absolute atomic E-state index is 12.1. The standard InChI is InChI=1S/C14H16N4O4S2/c1-8(19)15-13-17-18-14(24-13)23-7-12(20)16-10-6-9(21-2)4-5-11(10)22-3/h4-6H,7H2,1-3H3,(H,16,20)(H,15,17,19). The summed E-state index contributed by atoms with van der Waals surface area (Å²) in [5, 5.41) is 13.4. The number of anilines is 2. The lowest BCUT2D eigenvalue weighted by Crippen LogP contribution is -2.14. The van der Waals surface area contributed by atoms with Crippen LogP contribution in [0, 0.1) is 0 Å². The molecule has 2 rings (SSSR count). The van der Waals surface area contributed by atoms with Crippen LogP contribution in [0.3, 0.4) is 0 Å². The van der Waals surface area contributed by atoms with Crippen molar-refractivity contribution < 1.29 is 19.1 Å². The van der Waals surface area contributed by atoms with Crippen molar-refractivity contribution in [3.8, 4) is 11.5 Å². The van der Waals surface area contributed by atoms with Crippen LogP contribution in [0.2, 0.25) is 0 Å². The van der Waals surface area contributed by atoms with Gasteiger partial charge in [0.05, 0.1) is 25.7 Å². The number of aromatic nitrogens is 2. The Morgan fingerprint density at radius 2 is 2.00 bits per heavy atom. The summed E-state index contributed by atoms with van der Waals surface area (Å²) < 4.78 is 10.9. The fourth-order valence-corrected chi connectivity index (χ4v) is 3.29. The van der Waals surface area contributed by atoms with Crippen molar-refractivity contribution in [3.63, 3.8) is 0 Å². The van der Waals surface area contributed by atoms with Crippen molar-refractivity contribution >= 4 is 45.7 Å². The summed E-state index contributed by atoms with van der Waals surface area (Å²) in [6.45, 7) is 1.39. The van der Waals surface area contributed by atoms with Crippen LogP contribution < -0.4 is 20.1 Å². The molecule has 0 atom stereocenters. The van der Waals surface area contributed by atoms with E-state index in [1.807, 2.05) is 0 Å². The Morgan fingerprint density at radius 1 is 1.21 bits per heavy atom. The zero-order valence-electron chi connectivity index (χ0n) is 13.3. The second kappa shape index (κ2) is 8.50. The monoisotopic (exact) mass is 368 g/mol. The Labute approximate surface area is 146 Å². The first kappa shape index (κ1) is 18.0. The van der Waals surface area contributed by atoms with Crippen LogP contribution in [0.15, 0.2) is 22.5 Å². The Balaban J connectivity index is 1.93. The topological polar surface area (TPSA) is 102 Å². The van der Waals surface area contributed by atoms with E-state index in [-0.39, 0.29) is 17.6 Å². The van der Waals surface area contributed by atoms with Gasteiger partial charge in [0.1, 0.15) is 11.5 Å². The van der Waals surface area contributed by atoms with E-state index in [4.69, 9.17) is 9.47 Å². The van der Waals surface area contributed by atoms with Gasteiger partial charge >= 0.3 is 0 Å². The molecule has 2 aromatic rings. The molecule has 1 heterocycles. The van der Waals surface area contributed by atoms with Gasteiger partial charge in [-0.1, -0.05) is 23.1 Å². The first-order chi connectivity index (χ1) is 11.5. The van der Waals surface area contributed by atoms with Crippen LogP contribution in [0.4, 0.5) is 10.8 Å². The Bertz CT molecular complexity index is 735. The van der Waals surface area contributed by atoms with Crippen molar-refractivity contribution in [1.82, 2.24) is 10.2 Å². The zero-order valence-corrected chi connectivity index (χ0v) is 14.9. The summed E-state index contributed by atoms with van der Waals surface area (Å²) in [4.78, 5) is 23.0. The molecule has 0 spiro atoms. The lowest BCUT2D eigenvalue weighted by molar-refractivity contribution is -0.114. The van der Waals surface area contributed by atoms with E-state index in [0.29, 0.717) is 26.7 Å². The van der Waals surface area contributed by atoms with E-state index >= 15 is 0 Å². The molecule has 0 unspecified atom stereocenters. The third kappa shape index (κ3) is 5.10. The zero-order chi connectivity index (χ0) is 17.5. The predicted octanol–water partition coefficient (Wildman–Crippen LogP) is 2.24. The molecule has 0 fully saturated rings. The number of carbonyl (C=O) groups is 2. The molecule has 1 aromatic carbocycles. The molecule has 24 heavy (non-hydrogen) atoms. The highest BCUT2D eigenvalue weighted by Crippen LogP contribution is 2.30. The number of thioether (sulfide) groups is 1. The highest BCUT2D eigenvalue weighted by Gasteiger charge is 2.12. The third-order valence-corrected chi connectivity index (χ3v) is 4.67. The van der Waals surface area contributed by atoms with Gasteiger partial charge in [-0.25, -0.2) is 0 Å². The number of ether oxygens (including phenoxy) is 2. The first-order valence-corrected chi connectivity index (χ1v) is 8.57. The highest BCUT2D eigenvalue weighted by molar-refractivity contribution is 8.01. The van der Waals surface area contributed by atoms with Crippen LogP contribution in [0.1, 0.15) is 6.92 Å². The first-order valence-electron chi connectivity index (χ1n) is 6.77. The molecule has 0 aliphatic rings. The van der Waals surface area contributed by atoms with Gasteiger partial charge < -0.3 is 20.1 Å². The number of benzene rings is 1.